The molecule has 1 aromatic carbocycles. The maximum atomic E-state index is 12.9. The molecule has 0 saturated heterocycles. The van der Waals surface area contributed by atoms with E-state index in [1.165, 1.54) is 16.4 Å². The molecule has 3 heterocycles. The summed E-state index contributed by atoms with van der Waals surface area (Å²) < 4.78 is 13.2. The fourth-order valence-corrected chi connectivity index (χ4v) is 3.74. The third kappa shape index (κ3) is 4.88. The number of rotatable bonds is 9. The fraction of sp³-hybridized carbons (Fsp3) is 0.263. The first-order chi connectivity index (χ1) is 16.5. The highest BCUT2D eigenvalue weighted by molar-refractivity contribution is 7.98. The Kier molecular flexibility index (Phi) is 6.82. The molecule has 0 unspecified atom stereocenters. The molecule has 0 spiro atoms. The fourth-order valence-electron chi connectivity index (χ4n) is 2.86. The molecule has 0 atom stereocenters. The molecule has 0 saturated carbocycles. The van der Waals surface area contributed by atoms with Crippen LogP contribution in [0.5, 0.6) is 5.75 Å². The van der Waals surface area contributed by atoms with Gasteiger partial charge in [0, 0.05) is 12.8 Å². The number of nitrogen functional groups attached to an aromatic ring is 1. The van der Waals surface area contributed by atoms with Gasteiger partial charge >= 0.3 is 0 Å². The van der Waals surface area contributed by atoms with E-state index in [2.05, 4.69) is 46.0 Å². The number of amides is 1. The van der Waals surface area contributed by atoms with E-state index in [-0.39, 0.29) is 23.1 Å². The van der Waals surface area contributed by atoms with Crippen LogP contribution in [0, 0.1) is 0 Å². The Hall–Kier alpha value is -4.27. The van der Waals surface area contributed by atoms with Crippen molar-refractivity contribution in [3.63, 3.8) is 0 Å². The van der Waals surface area contributed by atoms with E-state index in [1.807, 2.05) is 38.2 Å². The summed E-state index contributed by atoms with van der Waals surface area (Å²) in [5, 5.41) is 28.1. The minimum absolute atomic E-state index is 0.00568. The molecule has 0 aliphatic carbocycles. The smallest absolute Gasteiger partial charge is 0.293 e. The predicted molar refractivity (Wildman–Crippen MR) is 121 cm³/mol. The van der Waals surface area contributed by atoms with Crippen molar-refractivity contribution in [3.8, 4) is 11.6 Å². The number of nitrogens with one attached hydrogen (secondary N) is 1. The molecule has 0 radical (unpaired) electrons. The van der Waals surface area contributed by atoms with Gasteiger partial charge in [-0.1, -0.05) is 17.0 Å². The number of hydrazone groups is 1. The van der Waals surface area contributed by atoms with Gasteiger partial charge in [-0.25, -0.2) is 10.1 Å². The Labute approximate surface area is 197 Å². The quantitative estimate of drug-likeness (QED) is 0.199. The first kappa shape index (κ1) is 22.9. The van der Waals surface area contributed by atoms with Crippen molar-refractivity contribution in [1.29, 1.82) is 0 Å². The summed E-state index contributed by atoms with van der Waals surface area (Å²) in [5.74, 6) is 0.586. The van der Waals surface area contributed by atoms with Gasteiger partial charge in [-0.15, -0.1) is 15.3 Å². The molecule has 3 N–H and O–H groups in total. The van der Waals surface area contributed by atoms with Gasteiger partial charge in [0.2, 0.25) is 11.6 Å². The van der Waals surface area contributed by atoms with Crippen molar-refractivity contribution in [3.05, 3.63) is 47.5 Å². The first-order valence-electron chi connectivity index (χ1n) is 10.1. The second kappa shape index (κ2) is 10.1. The minimum atomic E-state index is -0.555. The van der Waals surface area contributed by atoms with Gasteiger partial charge in [-0.05, 0) is 54.0 Å². The number of nitrogens with zero attached hydrogens (tertiary/aromatic N) is 9. The van der Waals surface area contributed by atoms with Crippen LogP contribution in [-0.2, 0) is 12.8 Å². The monoisotopic (exact) mass is 483 g/mol. The van der Waals surface area contributed by atoms with Crippen LogP contribution in [0.2, 0.25) is 0 Å². The average Bonchev–Trinajstić information content (AvgIpc) is 3.56. The number of carbonyl (C=O) groups is 1. The maximum absolute atomic E-state index is 12.9. The van der Waals surface area contributed by atoms with Crippen LogP contribution >= 0.6 is 11.8 Å². The van der Waals surface area contributed by atoms with Crippen LogP contribution in [-0.4, -0.2) is 58.3 Å². The SMILES string of the molecule is CCOc1ccc(/C(C)=N\NC(=O)c2nnn(-c3nonc3N)c2CSc2nncn2C)cc1. The number of hydrogen-bond donors (Lipinski definition) is 2. The van der Waals surface area contributed by atoms with Gasteiger partial charge < -0.3 is 15.0 Å². The minimum Gasteiger partial charge on any atom is -0.494 e. The van der Waals surface area contributed by atoms with Gasteiger partial charge in [0.15, 0.2) is 10.9 Å². The number of nitrogens with two attached hydrogens (primary N) is 1. The Morgan fingerprint density at radius 2 is 2.06 bits per heavy atom. The summed E-state index contributed by atoms with van der Waals surface area (Å²) in [7, 11) is 1.81. The lowest BCUT2D eigenvalue weighted by atomic mass is 10.1. The third-order valence-corrected chi connectivity index (χ3v) is 5.64. The zero-order valence-corrected chi connectivity index (χ0v) is 19.4. The molecule has 4 rings (SSSR count). The maximum Gasteiger partial charge on any atom is 0.293 e. The van der Waals surface area contributed by atoms with E-state index in [0.29, 0.717) is 23.2 Å². The van der Waals surface area contributed by atoms with Crippen LogP contribution in [0.4, 0.5) is 5.82 Å². The largest absolute Gasteiger partial charge is 0.494 e. The molecule has 1 amide bonds. The Morgan fingerprint density at radius 3 is 2.71 bits per heavy atom. The van der Waals surface area contributed by atoms with Crippen molar-refractivity contribution < 1.29 is 14.2 Å². The number of hydrogen-bond acceptors (Lipinski definition) is 12. The summed E-state index contributed by atoms with van der Waals surface area (Å²) in [6, 6.07) is 7.39. The molecule has 0 aliphatic heterocycles. The molecule has 15 heteroatoms. The molecule has 4 aromatic rings. The molecular weight excluding hydrogens is 462 g/mol. The lowest BCUT2D eigenvalue weighted by Gasteiger charge is -2.06. The number of carbonyl (C=O) groups excluding carboxylic acids is 1. The summed E-state index contributed by atoms with van der Waals surface area (Å²) in [5.41, 5.74) is 10.2. The van der Waals surface area contributed by atoms with Crippen molar-refractivity contribution in [1.82, 2.24) is 45.5 Å². The van der Waals surface area contributed by atoms with Crippen LogP contribution in [0.15, 0.2) is 45.5 Å². The Morgan fingerprint density at radius 1 is 1.26 bits per heavy atom. The second-order valence-electron chi connectivity index (χ2n) is 6.88. The number of aromatic nitrogens is 8. The highest BCUT2D eigenvalue weighted by Crippen LogP contribution is 2.24. The summed E-state index contributed by atoms with van der Waals surface area (Å²) in [4.78, 5) is 12.9. The van der Waals surface area contributed by atoms with Gasteiger partial charge in [0.1, 0.15) is 12.1 Å². The third-order valence-electron chi connectivity index (χ3n) is 4.59. The predicted octanol–water partition coefficient (Wildman–Crippen LogP) is 1.21. The van der Waals surface area contributed by atoms with E-state index in [9.17, 15) is 4.79 Å². The van der Waals surface area contributed by atoms with Crippen LogP contribution in [0.3, 0.4) is 0 Å². The first-order valence-corrected chi connectivity index (χ1v) is 11.0. The van der Waals surface area contributed by atoms with Gasteiger partial charge in [0.05, 0.1) is 18.0 Å². The van der Waals surface area contributed by atoms with Crippen LogP contribution < -0.4 is 15.9 Å². The highest BCUT2D eigenvalue weighted by atomic mass is 32.2. The van der Waals surface area contributed by atoms with Gasteiger partial charge in [-0.3, -0.25) is 4.79 Å². The topological polar surface area (TPSA) is 177 Å². The summed E-state index contributed by atoms with van der Waals surface area (Å²) >= 11 is 1.33. The number of ether oxygens (including phenoxy) is 1. The van der Waals surface area contributed by atoms with Gasteiger partial charge in [0.25, 0.3) is 5.91 Å². The zero-order valence-electron chi connectivity index (χ0n) is 18.5. The summed E-state index contributed by atoms with van der Waals surface area (Å²) in [6.45, 7) is 4.27. The van der Waals surface area contributed by atoms with Crippen molar-refractivity contribution >= 4 is 29.2 Å². The summed E-state index contributed by atoms with van der Waals surface area (Å²) in [6.07, 6.45) is 1.57. The van der Waals surface area contributed by atoms with E-state index >= 15 is 0 Å². The molecule has 0 fully saturated rings. The van der Waals surface area contributed by atoms with Crippen LogP contribution in [0.25, 0.3) is 5.82 Å². The van der Waals surface area contributed by atoms with Crippen molar-refractivity contribution in [2.45, 2.75) is 24.8 Å². The molecule has 14 nitrogen and oxygen atoms in total. The molecular formula is C19H21N11O3S. The van der Waals surface area contributed by atoms with E-state index in [4.69, 9.17) is 10.5 Å². The molecule has 0 aliphatic rings. The molecule has 3 aromatic heterocycles. The number of anilines is 1. The number of benzene rings is 1. The highest BCUT2D eigenvalue weighted by Gasteiger charge is 2.24. The molecule has 34 heavy (non-hydrogen) atoms. The van der Waals surface area contributed by atoms with E-state index < -0.39 is 5.91 Å². The zero-order chi connectivity index (χ0) is 24.1. The average molecular weight is 484 g/mol. The normalized spacial score (nSPS) is 11.6. The van der Waals surface area contributed by atoms with E-state index in [0.717, 1.165) is 11.3 Å². The van der Waals surface area contributed by atoms with Crippen molar-refractivity contribution in [2.24, 2.45) is 12.1 Å². The Balaban J connectivity index is 1.56. The lowest BCUT2D eigenvalue weighted by molar-refractivity contribution is 0.0949. The molecule has 0 bridgehead atoms. The number of aryl methyl sites for hydroxylation is 1. The van der Waals surface area contributed by atoms with E-state index in [1.54, 1.807) is 17.8 Å². The number of thioether (sulfide) groups is 1. The second-order valence-corrected chi connectivity index (χ2v) is 7.82. The van der Waals surface area contributed by atoms with Gasteiger partial charge in [-0.2, -0.15) is 9.78 Å². The van der Waals surface area contributed by atoms with Crippen LogP contribution in [0.1, 0.15) is 35.6 Å². The standard InChI is InChI=1S/C19H21N11O3S/c1-4-32-13-7-5-12(6-8-13)11(2)22-24-18(31)15-14(9-34-19-25-21-10-29(19)3)30(28-23-15)17-16(20)26-33-27-17/h5-8,10H,4,9H2,1-3H3,(H2,20,26)(H,24,31)/b22-11-. The lowest BCUT2D eigenvalue weighted by Crippen LogP contribution is -2.21. The Bertz CT molecular complexity index is 1310. The van der Waals surface area contributed by atoms with Crippen molar-refractivity contribution in [2.75, 3.05) is 12.3 Å². The molecule has 176 valence electrons.